The van der Waals surface area contributed by atoms with E-state index in [1.165, 1.54) is 19.1 Å². The van der Waals surface area contributed by atoms with Crippen molar-refractivity contribution in [3.8, 4) is 0 Å². The average Bonchev–Trinajstić information content (AvgIpc) is 2.60. The Labute approximate surface area is 145 Å². The average molecular weight is 356 g/mol. The van der Waals surface area contributed by atoms with Crippen molar-refractivity contribution in [2.24, 2.45) is 0 Å². The Morgan fingerprint density at radius 2 is 1.68 bits per heavy atom. The highest BCUT2D eigenvalue weighted by Crippen LogP contribution is 2.15. The van der Waals surface area contributed by atoms with Crippen LogP contribution in [0, 0.1) is 0 Å². The second kappa shape index (κ2) is 6.96. The van der Waals surface area contributed by atoms with E-state index in [1.807, 2.05) is 0 Å². The van der Waals surface area contributed by atoms with Crippen molar-refractivity contribution in [1.29, 1.82) is 0 Å². The first-order valence-corrected chi connectivity index (χ1v) is 8.99. The van der Waals surface area contributed by atoms with Crippen molar-refractivity contribution in [2.75, 3.05) is 5.32 Å². The van der Waals surface area contributed by atoms with Crippen LogP contribution in [0.1, 0.15) is 12.5 Å². The van der Waals surface area contributed by atoms with Gasteiger partial charge < -0.3 is 5.32 Å². The summed E-state index contributed by atoms with van der Waals surface area (Å²) in [5.74, 6) is -0.215. The topological polar surface area (TPSA) is 101 Å². The number of aromatic nitrogens is 2. The van der Waals surface area contributed by atoms with Gasteiger partial charge in [-0.25, -0.2) is 13.1 Å². The number of carbonyl (C=O) groups excluding carboxylic acids is 1. The summed E-state index contributed by atoms with van der Waals surface area (Å²) in [6.07, 6.45) is 3.20. The minimum absolute atomic E-state index is 0.127. The summed E-state index contributed by atoms with van der Waals surface area (Å²) in [6, 6.07) is 11.4. The molecule has 0 saturated heterocycles. The Bertz CT molecular complexity index is 1020. The van der Waals surface area contributed by atoms with Crippen LogP contribution in [0.3, 0.4) is 0 Å². The summed E-state index contributed by atoms with van der Waals surface area (Å²) in [6.45, 7) is 1.53. The molecule has 2 aromatic carbocycles. The molecule has 0 fully saturated rings. The number of hydrogen-bond donors (Lipinski definition) is 2. The number of fused-ring (bicyclic) bond motifs is 1. The van der Waals surface area contributed by atoms with Gasteiger partial charge in [0.1, 0.15) is 0 Å². The van der Waals surface area contributed by atoms with Gasteiger partial charge in [-0.05, 0) is 42.0 Å². The SMILES string of the molecule is CC(=O)Nc1ccc(S(=O)(=O)NCc2ccc3nccnc3c2)cc1. The van der Waals surface area contributed by atoms with E-state index in [9.17, 15) is 13.2 Å². The number of carbonyl (C=O) groups is 1. The fourth-order valence-corrected chi connectivity index (χ4v) is 3.32. The summed E-state index contributed by atoms with van der Waals surface area (Å²) < 4.78 is 27.3. The predicted octanol–water partition coefficient (Wildman–Crippen LogP) is 2.07. The van der Waals surface area contributed by atoms with Crippen LogP contribution in [-0.4, -0.2) is 24.3 Å². The number of amides is 1. The zero-order valence-electron chi connectivity index (χ0n) is 13.4. The lowest BCUT2D eigenvalue weighted by Crippen LogP contribution is -2.23. The van der Waals surface area contributed by atoms with Crippen molar-refractivity contribution < 1.29 is 13.2 Å². The van der Waals surface area contributed by atoms with E-state index >= 15 is 0 Å². The van der Waals surface area contributed by atoms with Crippen LogP contribution in [0.25, 0.3) is 11.0 Å². The van der Waals surface area contributed by atoms with Crippen LogP contribution in [0.2, 0.25) is 0 Å². The second-order valence-electron chi connectivity index (χ2n) is 5.41. The lowest BCUT2D eigenvalue weighted by atomic mass is 10.2. The molecule has 0 radical (unpaired) electrons. The summed E-state index contributed by atoms with van der Waals surface area (Å²) in [5.41, 5.74) is 2.78. The normalized spacial score (nSPS) is 11.4. The molecule has 0 aliphatic carbocycles. The molecule has 1 amide bonds. The fraction of sp³-hybridized carbons (Fsp3) is 0.118. The summed E-state index contributed by atoms with van der Waals surface area (Å²) in [4.78, 5) is 19.5. The third-order valence-electron chi connectivity index (χ3n) is 3.49. The van der Waals surface area contributed by atoms with E-state index in [-0.39, 0.29) is 17.3 Å². The molecule has 0 aliphatic rings. The molecule has 7 nitrogen and oxygen atoms in total. The molecule has 128 valence electrons. The van der Waals surface area contributed by atoms with E-state index < -0.39 is 10.0 Å². The molecule has 1 heterocycles. The second-order valence-corrected chi connectivity index (χ2v) is 7.18. The van der Waals surface area contributed by atoms with E-state index in [4.69, 9.17) is 0 Å². The van der Waals surface area contributed by atoms with Crippen molar-refractivity contribution in [3.63, 3.8) is 0 Å². The fourth-order valence-electron chi connectivity index (χ4n) is 2.30. The summed E-state index contributed by atoms with van der Waals surface area (Å²) in [5, 5.41) is 2.59. The maximum absolute atomic E-state index is 12.4. The van der Waals surface area contributed by atoms with Gasteiger partial charge in [0.05, 0.1) is 15.9 Å². The Morgan fingerprint density at radius 3 is 2.36 bits per heavy atom. The number of benzene rings is 2. The number of nitrogens with zero attached hydrogens (tertiary/aromatic N) is 2. The van der Waals surface area contributed by atoms with Crippen LogP contribution >= 0.6 is 0 Å². The van der Waals surface area contributed by atoms with E-state index in [0.717, 1.165) is 11.1 Å². The Morgan fingerprint density at radius 1 is 1.00 bits per heavy atom. The number of rotatable bonds is 5. The molecule has 8 heteroatoms. The van der Waals surface area contributed by atoms with Gasteiger partial charge in [0, 0.05) is 31.5 Å². The van der Waals surface area contributed by atoms with E-state index in [2.05, 4.69) is 20.0 Å². The molecule has 3 aromatic rings. The maximum atomic E-state index is 12.4. The van der Waals surface area contributed by atoms with Gasteiger partial charge in [0.2, 0.25) is 15.9 Å². The lowest BCUT2D eigenvalue weighted by molar-refractivity contribution is -0.114. The van der Waals surface area contributed by atoms with Crippen molar-refractivity contribution in [2.45, 2.75) is 18.4 Å². The van der Waals surface area contributed by atoms with Crippen LogP contribution in [0.4, 0.5) is 5.69 Å². The van der Waals surface area contributed by atoms with Crippen molar-refractivity contribution >= 4 is 32.7 Å². The lowest BCUT2D eigenvalue weighted by Gasteiger charge is -2.08. The highest BCUT2D eigenvalue weighted by atomic mass is 32.2. The minimum atomic E-state index is -3.66. The summed E-state index contributed by atoms with van der Waals surface area (Å²) in [7, 11) is -3.66. The zero-order valence-corrected chi connectivity index (χ0v) is 14.2. The zero-order chi connectivity index (χ0) is 17.9. The highest BCUT2D eigenvalue weighted by Gasteiger charge is 2.14. The molecule has 1 aromatic heterocycles. The molecule has 0 atom stereocenters. The van der Waals surface area contributed by atoms with Crippen molar-refractivity contribution in [3.05, 3.63) is 60.4 Å². The largest absolute Gasteiger partial charge is 0.326 e. The van der Waals surface area contributed by atoms with Gasteiger partial charge in [-0.1, -0.05) is 6.07 Å². The van der Waals surface area contributed by atoms with Crippen LogP contribution in [-0.2, 0) is 21.4 Å². The first-order chi connectivity index (χ1) is 11.9. The third-order valence-corrected chi connectivity index (χ3v) is 4.90. The third kappa shape index (κ3) is 4.17. The van der Waals surface area contributed by atoms with Crippen LogP contribution < -0.4 is 10.0 Å². The Kier molecular flexibility index (Phi) is 4.73. The highest BCUT2D eigenvalue weighted by molar-refractivity contribution is 7.89. The molecule has 3 rings (SSSR count). The maximum Gasteiger partial charge on any atom is 0.240 e. The number of nitrogens with one attached hydrogen (secondary N) is 2. The number of anilines is 1. The molecule has 2 N–H and O–H groups in total. The molecule has 25 heavy (non-hydrogen) atoms. The molecule has 0 spiro atoms. The van der Waals surface area contributed by atoms with Gasteiger partial charge in [-0.2, -0.15) is 0 Å². The van der Waals surface area contributed by atoms with Gasteiger partial charge >= 0.3 is 0 Å². The van der Waals surface area contributed by atoms with E-state index in [0.29, 0.717) is 11.2 Å². The molecule has 0 unspecified atom stereocenters. The van der Waals surface area contributed by atoms with Crippen LogP contribution in [0.15, 0.2) is 59.8 Å². The first kappa shape index (κ1) is 17.0. The van der Waals surface area contributed by atoms with E-state index in [1.54, 1.807) is 42.7 Å². The van der Waals surface area contributed by atoms with Gasteiger partial charge in [0.25, 0.3) is 0 Å². The number of sulfonamides is 1. The first-order valence-electron chi connectivity index (χ1n) is 7.51. The van der Waals surface area contributed by atoms with Gasteiger partial charge in [-0.15, -0.1) is 0 Å². The number of hydrogen-bond acceptors (Lipinski definition) is 5. The summed E-state index contributed by atoms with van der Waals surface area (Å²) >= 11 is 0. The Balaban J connectivity index is 1.73. The van der Waals surface area contributed by atoms with Crippen LogP contribution in [0.5, 0.6) is 0 Å². The molecule has 0 aliphatic heterocycles. The molecule has 0 saturated carbocycles. The standard InChI is InChI=1S/C17H16N4O3S/c1-12(22)21-14-3-5-15(6-4-14)25(23,24)20-11-13-2-7-16-17(10-13)19-9-8-18-16/h2-10,20H,11H2,1H3,(H,21,22). The van der Waals surface area contributed by atoms with Gasteiger partial charge in [-0.3, -0.25) is 14.8 Å². The quantitative estimate of drug-likeness (QED) is 0.729. The molecular formula is C17H16N4O3S. The molecular weight excluding hydrogens is 340 g/mol. The monoisotopic (exact) mass is 356 g/mol. The molecule has 0 bridgehead atoms. The predicted molar refractivity (Wildman–Crippen MR) is 94.3 cm³/mol. The Hall–Kier alpha value is -2.84. The minimum Gasteiger partial charge on any atom is -0.326 e. The van der Waals surface area contributed by atoms with Crippen molar-refractivity contribution in [1.82, 2.24) is 14.7 Å². The smallest absolute Gasteiger partial charge is 0.240 e. The van der Waals surface area contributed by atoms with Gasteiger partial charge in [0.15, 0.2) is 0 Å².